The highest BCUT2D eigenvalue weighted by Crippen LogP contribution is 2.29. The Hall–Kier alpha value is -2.29. The number of carbonyl (C=O) groups excluding carboxylic acids is 1. The average Bonchev–Trinajstić information content (AvgIpc) is 2.38. The molecule has 0 aromatic heterocycles. The number of ketones is 1. The molecule has 0 fully saturated rings. The molecule has 18 heavy (non-hydrogen) atoms. The topological polar surface area (TPSA) is 46.3 Å². The van der Waals surface area contributed by atoms with E-state index in [1.54, 1.807) is 12.1 Å². The van der Waals surface area contributed by atoms with Crippen molar-refractivity contribution in [3.63, 3.8) is 0 Å². The highest BCUT2D eigenvalue weighted by atomic mass is 16.1. The quantitative estimate of drug-likeness (QED) is 0.661. The third kappa shape index (κ3) is 2.35. The van der Waals surface area contributed by atoms with Crippen LogP contribution in [0.5, 0.6) is 0 Å². The molecule has 0 atom stereocenters. The van der Waals surface area contributed by atoms with E-state index in [1.165, 1.54) is 6.92 Å². The Morgan fingerprint density at radius 2 is 1.78 bits per heavy atom. The van der Waals surface area contributed by atoms with Crippen molar-refractivity contribution in [2.45, 2.75) is 6.92 Å². The fourth-order valence-corrected chi connectivity index (χ4v) is 1.87. The Kier molecular flexibility index (Phi) is 3.33. The summed E-state index contributed by atoms with van der Waals surface area (Å²) >= 11 is 0. The largest absolute Gasteiger partial charge is 0.397 e. The third-order valence-corrected chi connectivity index (χ3v) is 2.94. The number of nitrogens with two attached hydrogens (primary N) is 1. The van der Waals surface area contributed by atoms with Crippen molar-refractivity contribution in [1.82, 2.24) is 0 Å². The second-order valence-corrected chi connectivity index (χ2v) is 4.22. The minimum absolute atomic E-state index is 0.0237. The molecule has 2 aromatic rings. The van der Waals surface area contributed by atoms with Crippen LogP contribution in [-0.2, 0) is 0 Å². The predicted molar refractivity (Wildman–Crippen MR) is 75.4 cm³/mol. The van der Waals surface area contributed by atoms with E-state index in [9.17, 15) is 4.79 Å². The van der Waals surface area contributed by atoms with E-state index in [4.69, 9.17) is 5.73 Å². The van der Waals surface area contributed by atoms with E-state index in [1.807, 2.05) is 48.3 Å². The van der Waals surface area contributed by atoms with E-state index < -0.39 is 0 Å². The van der Waals surface area contributed by atoms with Gasteiger partial charge in [-0.2, -0.15) is 0 Å². The monoisotopic (exact) mass is 240 g/mol. The first-order chi connectivity index (χ1) is 8.59. The summed E-state index contributed by atoms with van der Waals surface area (Å²) in [5, 5.41) is 0. The summed E-state index contributed by atoms with van der Waals surface area (Å²) < 4.78 is 0. The van der Waals surface area contributed by atoms with Gasteiger partial charge in [-0.25, -0.2) is 0 Å². The van der Waals surface area contributed by atoms with Crippen LogP contribution in [0.2, 0.25) is 0 Å². The van der Waals surface area contributed by atoms with Gasteiger partial charge in [0, 0.05) is 18.3 Å². The van der Waals surface area contributed by atoms with Crippen LogP contribution in [0.4, 0.5) is 17.1 Å². The highest BCUT2D eigenvalue weighted by molar-refractivity contribution is 5.96. The number of hydrogen-bond donors (Lipinski definition) is 1. The maximum absolute atomic E-state index is 11.3. The molecule has 0 heterocycles. The van der Waals surface area contributed by atoms with Gasteiger partial charge in [0.05, 0.1) is 11.4 Å². The lowest BCUT2D eigenvalue weighted by atomic mass is 10.1. The zero-order chi connectivity index (χ0) is 13.1. The molecule has 0 unspecified atom stereocenters. The van der Waals surface area contributed by atoms with Gasteiger partial charge >= 0.3 is 0 Å². The summed E-state index contributed by atoms with van der Waals surface area (Å²) in [4.78, 5) is 13.3. The Morgan fingerprint density at radius 3 is 2.33 bits per heavy atom. The van der Waals surface area contributed by atoms with E-state index in [-0.39, 0.29) is 5.78 Å². The predicted octanol–water partition coefficient (Wildman–Crippen LogP) is 3.24. The number of nitrogen functional groups attached to an aromatic ring is 1. The molecular formula is C15H16N2O. The molecule has 0 aliphatic rings. The lowest BCUT2D eigenvalue weighted by Crippen LogP contribution is -2.12. The molecule has 3 nitrogen and oxygen atoms in total. The van der Waals surface area contributed by atoms with Crippen LogP contribution in [0.15, 0.2) is 48.5 Å². The SMILES string of the molecule is CC(=O)c1ccc(N(C)c2ccccc2)c(N)c1. The summed E-state index contributed by atoms with van der Waals surface area (Å²) in [7, 11) is 1.95. The second kappa shape index (κ2) is 4.92. The first kappa shape index (κ1) is 12.2. The van der Waals surface area contributed by atoms with Gasteiger partial charge in [0.25, 0.3) is 0 Å². The molecule has 0 saturated heterocycles. The molecule has 92 valence electrons. The molecular weight excluding hydrogens is 224 g/mol. The Morgan fingerprint density at radius 1 is 1.11 bits per heavy atom. The number of anilines is 3. The molecule has 2 aromatic carbocycles. The second-order valence-electron chi connectivity index (χ2n) is 4.22. The van der Waals surface area contributed by atoms with Crippen molar-refractivity contribution in [1.29, 1.82) is 0 Å². The molecule has 0 amide bonds. The van der Waals surface area contributed by atoms with E-state index in [2.05, 4.69) is 0 Å². The minimum atomic E-state index is 0.0237. The molecule has 2 rings (SSSR count). The van der Waals surface area contributed by atoms with Gasteiger partial charge in [-0.05, 0) is 37.3 Å². The van der Waals surface area contributed by atoms with Crippen LogP contribution in [0, 0.1) is 0 Å². The number of benzene rings is 2. The number of carbonyl (C=O) groups is 1. The van der Waals surface area contributed by atoms with Crippen LogP contribution in [-0.4, -0.2) is 12.8 Å². The van der Waals surface area contributed by atoms with Gasteiger partial charge < -0.3 is 10.6 Å². The van der Waals surface area contributed by atoms with Crippen molar-refractivity contribution in [3.8, 4) is 0 Å². The van der Waals surface area contributed by atoms with Crippen LogP contribution in [0.25, 0.3) is 0 Å². The summed E-state index contributed by atoms with van der Waals surface area (Å²) in [5.41, 5.74) is 9.20. The molecule has 0 aliphatic heterocycles. The number of hydrogen-bond acceptors (Lipinski definition) is 3. The lowest BCUT2D eigenvalue weighted by Gasteiger charge is -2.21. The zero-order valence-corrected chi connectivity index (χ0v) is 10.6. The van der Waals surface area contributed by atoms with E-state index in [0.29, 0.717) is 11.3 Å². The van der Waals surface area contributed by atoms with Gasteiger partial charge in [0.15, 0.2) is 5.78 Å². The minimum Gasteiger partial charge on any atom is -0.397 e. The van der Waals surface area contributed by atoms with Gasteiger partial charge in [-0.15, -0.1) is 0 Å². The summed E-state index contributed by atoms with van der Waals surface area (Å²) in [6.07, 6.45) is 0. The Bertz CT molecular complexity index is 564. The van der Waals surface area contributed by atoms with E-state index in [0.717, 1.165) is 11.4 Å². The number of para-hydroxylation sites is 1. The van der Waals surface area contributed by atoms with Gasteiger partial charge in [-0.3, -0.25) is 4.79 Å². The number of nitrogens with zero attached hydrogens (tertiary/aromatic N) is 1. The summed E-state index contributed by atoms with van der Waals surface area (Å²) in [6.45, 7) is 1.54. The standard InChI is InChI=1S/C15H16N2O/c1-11(18)12-8-9-15(14(16)10-12)17(2)13-6-4-3-5-7-13/h3-10H,16H2,1-2H3. The first-order valence-electron chi connectivity index (χ1n) is 5.79. The molecule has 0 bridgehead atoms. The van der Waals surface area contributed by atoms with Crippen molar-refractivity contribution in [3.05, 3.63) is 54.1 Å². The van der Waals surface area contributed by atoms with E-state index >= 15 is 0 Å². The normalized spacial score (nSPS) is 10.1. The average molecular weight is 240 g/mol. The van der Waals surface area contributed by atoms with Crippen molar-refractivity contribution < 1.29 is 4.79 Å². The van der Waals surface area contributed by atoms with Gasteiger partial charge in [0.1, 0.15) is 0 Å². The first-order valence-corrected chi connectivity index (χ1v) is 5.79. The third-order valence-electron chi connectivity index (χ3n) is 2.94. The molecule has 0 saturated carbocycles. The molecule has 0 radical (unpaired) electrons. The van der Waals surface area contributed by atoms with Crippen LogP contribution >= 0.6 is 0 Å². The Labute approximate surface area is 107 Å². The maximum atomic E-state index is 11.3. The van der Waals surface area contributed by atoms with Gasteiger partial charge in [0.2, 0.25) is 0 Å². The van der Waals surface area contributed by atoms with Crippen molar-refractivity contribution >= 4 is 22.8 Å². The number of rotatable bonds is 3. The van der Waals surface area contributed by atoms with Crippen LogP contribution in [0.1, 0.15) is 17.3 Å². The van der Waals surface area contributed by atoms with Crippen molar-refractivity contribution in [2.75, 3.05) is 17.7 Å². The molecule has 3 heteroatoms. The number of Topliss-reactive ketones (excluding diaryl/α,β-unsaturated/α-hetero) is 1. The lowest BCUT2D eigenvalue weighted by molar-refractivity contribution is 0.101. The van der Waals surface area contributed by atoms with Crippen LogP contribution < -0.4 is 10.6 Å². The fraction of sp³-hybridized carbons (Fsp3) is 0.133. The fourth-order valence-electron chi connectivity index (χ4n) is 1.87. The smallest absolute Gasteiger partial charge is 0.159 e. The summed E-state index contributed by atoms with van der Waals surface area (Å²) in [6, 6.07) is 15.3. The van der Waals surface area contributed by atoms with Gasteiger partial charge in [-0.1, -0.05) is 18.2 Å². The van der Waals surface area contributed by atoms with Crippen molar-refractivity contribution in [2.24, 2.45) is 0 Å². The Balaban J connectivity index is 2.37. The highest BCUT2D eigenvalue weighted by Gasteiger charge is 2.09. The molecule has 0 aliphatic carbocycles. The molecule has 2 N–H and O–H groups in total. The maximum Gasteiger partial charge on any atom is 0.159 e. The zero-order valence-electron chi connectivity index (χ0n) is 10.6. The summed E-state index contributed by atoms with van der Waals surface area (Å²) in [5.74, 6) is 0.0237. The molecule has 0 spiro atoms. The van der Waals surface area contributed by atoms with Crippen LogP contribution in [0.3, 0.4) is 0 Å².